The van der Waals surface area contributed by atoms with Crippen LogP contribution in [-0.2, 0) is 13.0 Å². The highest BCUT2D eigenvalue weighted by Gasteiger charge is 2.06. The summed E-state index contributed by atoms with van der Waals surface area (Å²) in [5.74, 6) is -0.605. The Kier molecular flexibility index (Phi) is 4.16. The summed E-state index contributed by atoms with van der Waals surface area (Å²) in [5, 5.41) is 3.01. The van der Waals surface area contributed by atoms with Gasteiger partial charge in [-0.2, -0.15) is 0 Å². The molecule has 0 atom stereocenters. The zero-order chi connectivity index (χ0) is 13.8. The maximum atomic E-state index is 13.1. The molecule has 3 nitrogen and oxygen atoms in total. The largest absolute Gasteiger partial charge is 0.314 e. The summed E-state index contributed by atoms with van der Waals surface area (Å²) in [6.45, 7) is 2.50. The van der Waals surface area contributed by atoms with Crippen LogP contribution in [0.25, 0.3) is 0 Å². The standard InChI is InChI=1S/C14H15F2N3/c1-9-3-13(8-17-2)19-14(18-9)6-10-4-11(15)7-12(16)5-10/h3-5,7,17H,6,8H2,1-2H3. The zero-order valence-corrected chi connectivity index (χ0v) is 10.9. The highest BCUT2D eigenvalue weighted by Crippen LogP contribution is 2.12. The minimum absolute atomic E-state index is 0.313. The van der Waals surface area contributed by atoms with Gasteiger partial charge < -0.3 is 5.32 Å². The molecule has 0 saturated heterocycles. The fraction of sp³-hybridized carbons (Fsp3) is 0.286. The van der Waals surface area contributed by atoms with Crippen molar-refractivity contribution in [2.45, 2.75) is 19.9 Å². The van der Waals surface area contributed by atoms with E-state index in [4.69, 9.17) is 0 Å². The molecule has 1 aromatic carbocycles. The minimum atomic E-state index is -0.585. The van der Waals surface area contributed by atoms with E-state index < -0.39 is 11.6 Å². The van der Waals surface area contributed by atoms with Crippen molar-refractivity contribution in [1.29, 1.82) is 0 Å². The van der Waals surface area contributed by atoms with E-state index in [1.54, 1.807) is 0 Å². The number of halogens is 2. The lowest BCUT2D eigenvalue weighted by molar-refractivity contribution is 0.580. The molecule has 1 heterocycles. The maximum absolute atomic E-state index is 13.1. The lowest BCUT2D eigenvalue weighted by Crippen LogP contribution is -2.10. The normalized spacial score (nSPS) is 10.7. The summed E-state index contributed by atoms with van der Waals surface area (Å²) in [6.07, 6.45) is 0.313. The van der Waals surface area contributed by atoms with E-state index in [1.165, 1.54) is 12.1 Å². The highest BCUT2D eigenvalue weighted by molar-refractivity contribution is 5.22. The Balaban J connectivity index is 2.27. The summed E-state index contributed by atoms with van der Waals surface area (Å²) in [4.78, 5) is 8.65. The molecule has 0 aliphatic rings. The first kappa shape index (κ1) is 13.5. The van der Waals surface area contributed by atoms with Crippen molar-refractivity contribution >= 4 is 0 Å². The molecule has 0 amide bonds. The quantitative estimate of drug-likeness (QED) is 0.920. The van der Waals surface area contributed by atoms with E-state index in [0.29, 0.717) is 24.4 Å². The van der Waals surface area contributed by atoms with Crippen LogP contribution in [0.4, 0.5) is 8.78 Å². The number of hydrogen-bond donors (Lipinski definition) is 1. The molecule has 1 N–H and O–H groups in total. The van der Waals surface area contributed by atoms with Gasteiger partial charge in [0.25, 0.3) is 0 Å². The Morgan fingerprint density at radius 2 is 1.74 bits per heavy atom. The van der Waals surface area contributed by atoms with Crippen LogP contribution in [0.3, 0.4) is 0 Å². The molecule has 0 aliphatic heterocycles. The third kappa shape index (κ3) is 3.79. The summed E-state index contributed by atoms with van der Waals surface area (Å²) < 4.78 is 26.2. The van der Waals surface area contributed by atoms with Crippen molar-refractivity contribution in [3.05, 3.63) is 58.7 Å². The average Bonchev–Trinajstić information content (AvgIpc) is 2.26. The van der Waals surface area contributed by atoms with Gasteiger partial charge in [-0.05, 0) is 37.7 Å². The van der Waals surface area contributed by atoms with E-state index in [0.717, 1.165) is 17.5 Å². The van der Waals surface area contributed by atoms with Gasteiger partial charge in [-0.25, -0.2) is 18.7 Å². The van der Waals surface area contributed by atoms with Crippen molar-refractivity contribution < 1.29 is 8.78 Å². The van der Waals surface area contributed by atoms with E-state index >= 15 is 0 Å². The van der Waals surface area contributed by atoms with Crippen LogP contribution in [0.2, 0.25) is 0 Å². The van der Waals surface area contributed by atoms with Crippen molar-refractivity contribution in [3.8, 4) is 0 Å². The Morgan fingerprint density at radius 1 is 1.05 bits per heavy atom. The molecule has 0 spiro atoms. The molecule has 100 valence electrons. The number of nitrogens with one attached hydrogen (secondary N) is 1. The number of rotatable bonds is 4. The van der Waals surface area contributed by atoms with Crippen molar-refractivity contribution in [2.75, 3.05) is 7.05 Å². The number of benzene rings is 1. The topological polar surface area (TPSA) is 37.8 Å². The fourth-order valence-electron chi connectivity index (χ4n) is 1.95. The molecule has 0 aliphatic carbocycles. The molecule has 0 unspecified atom stereocenters. The van der Waals surface area contributed by atoms with Crippen LogP contribution in [0, 0.1) is 18.6 Å². The Labute approximate surface area is 110 Å². The first-order valence-electron chi connectivity index (χ1n) is 6.00. The Hall–Kier alpha value is -1.88. The third-order valence-electron chi connectivity index (χ3n) is 2.60. The van der Waals surface area contributed by atoms with Crippen LogP contribution in [-0.4, -0.2) is 17.0 Å². The SMILES string of the molecule is CNCc1cc(C)nc(Cc2cc(F)cc(F)c2)n1. The summed E-state index contributed by atoms with van der Waals surface area (Å²) in [5.41, 5.74) is 2.23. The average molecular weight is 263 g/mol. The van der Waals surface area contributed by atoms with Gasteiger partial charge in [-0.15, -0.1) is 0 Å². The molecule has 0 radical (unpaired) electrons. The molecule has 0 fully saturated rings. The second kappa shape index (κ2) is 5.84. The first-order chi connectivity index (χ1) is 9.06. The van der Waals surface area contributed by atoms with Gasteiger partial charge in [0.2, 0.25) is 0 Å². The summed E-state index contributed by atoms with van der Waals surface area (Å²) >= 11 is 0. The first-order valence-corrected chi connectivity index (χ1v) is 6.00. The molecular formula is C14H15F2N3. The van der Waals surface area contributed by atoms with Crippen LogP contribution in [0.15, 0.2) is 24.3 Å². The van der Waals surface area contributed by atoms with Gasteiger partial charge in [0.05, 0.1) is 5.69 Å². The van der Waals surface area contributed by atoms with Gasteiger partial charge in [-0.1, -0.05) is 0 Å². The van der Waals surface area contributed by atoms with E-state index in [9.17, 15) is 8.78 Å². The predicted octanol–water partition coefficient (Wildman–Crippen LogP) is 2.37. The molecule has 2 aromatic rings. The van der Waals surface area contributed by atoms with Crippen LogP contribution >= 0.6 is 0 Å². The van der Waals surface area contributed by atoms with Crippen molar-refractivity contribution in [2.24, 2.45) is 0 Å². The minimum Gasteiger partial charge on any atom is -0.314 e. The molecule has 0 saturated carbocycles. The van der Waals surface area contributed by atoms with Crippen molar-refractivity contribution in [3.63, 3.8) is 0 Å². The second-order valence-corrected chi connectivity index (χ2v) is 4.40. The summed E-state index contributed by atoms with van der Waals surface area (Å²) in [7, 11) is 1.83. The van der Waals surface area contributed by atoms with E-state index in [-0.39, 0.29) is 0 Å². The highest BCUT2D eigenvalue weighted by atomic mass is 19.1. The van der Waals surface area contributed by atoms with Crippen LogP contribution in [0.5, 0.6) is 0 Å². The zero-order valence-electron chi connectivity index (χ0n) is 10.9. The molecule has 5 heteroatoms. The maximum Gasteiger partial charge on any atom is 0.133 e. The molecule has 2 rings (SSSR count). The van der Waals surface area contributed by atoms with E-state index in [1.807, 2.05) is 20.0 Å². The Bertz CT molecular complexity index is 565. The van der Waals surface area contributed by atoms with Crippen molar-refractivity contribution in [1.82, 2.24) is 15.3 Å². The fourth-order valence-corrected chi connectivity index (χ4v) is 1.95. The van der Waals surface area contributed by atoms with Crippen LogP contribution in [0.1, 0.15) is 22.8 Å². The summed E-state index contributed by atoms with van der Waals surface area (Å²) in [6, 6.07) is 5.33. The van der Waals surface area contributed by atoms with Gasteiger partial charge >= 0.3 is 0 Å². The molecule has 19 heavy (non-hydrogen) atoms. The number of aromatic nitrogens is 2. The van der Waals surface area contributed by atoms with Gasteiger partial charge in [0, 0.05) is 24.7 Å². The van der Waals surface area contributed by atoms with Gasteiger partial charge in [-0.3, -0.25) is 0 Å². The lowest BCUT2D eigenvalue weighted by atomic mass is 10.1. The molecule has 1 aromatic heterocycles. The third-order valence-corrected chi connectivity index (χ3v) is 2.60. The monoisotopic (exact) mass is 263 g/mol. The number of aryl methyl sites for hydroxylation is 1. The Morgan fingerprint density at radius 3 is 2.37 bits per heavy atom. The molecule has 0 bridgehead atoms. The lowest BCUT2D eigenvalue weighted by Gasteiger charge is -2.06. The number of hydrogen-bond acceptors (Lipinski definition) is 3. The van der Waals surface area contributed by atoms with Gasteiger partial charge in [0.15, 0.2) is 0 Å². The van der Waals surface area contributed by atoms with Crippen LogP contribution < -0.4 is 5.32 Å². The predicted molar refractivity (Wildman–Crippen MR) is 68.7 cm³/mol. The van der Waals surface area contributed by atoms with Gasteiger partial charge in [0.1, 0.15) is 17.5 Å². The molecular weight excluding hydrogens is 248 g/mol. The van der Waals surface area contributed by atoms with E-state index in [2.05, 4.69) is 15.3 Å². The smallest absolute Gasteiger partial charge is 0.133 e. The second-order valence-electron chi connectivity index (χ2n) is 4.40. The number of nitrogens with zero attached hydrogens (tertiary/aromatic N) is 2.